The maximum Gasteiger partial charge on any atom is 0.401 e. The van der Waals surface area contributed by atoms with Gasteiger partial charge in [0.25, 0.3) is 5.52 Å². The quantitative estimate of drug-likeness (QED) is 0.374. The Bertz CT molecular complexity index is 335. The highest BCUT2D eigenvalue weighted by atomic mass is 31.2. The standard InChI is InChI=1S/C11H17O4P/c1-6-11(12)16(13,14-7-9(2)3)15-8-10(4)5/h6H,1-2,4,7-8H2,3,5H3. The Morgan fingerprint density at radius 3 is 1.81 bits per heavy atom. The van der Waals surface area contributed by atoms with Crippen LogP contribution in [0.2, 0.25) is 0 Å². The highest BCUT2D eigenvalue weighted by Crippen LogP contribution is 2.49. The van der Waals surface area contributed by atoms with E-state index in [1.54, 1.807) is 13.8 Å². The average molecular weight is 244 g/mol. The van der Waals surface area contributed by atoms with Gasteiger partial charge in [0.15, 0.2) is 0 Å². The van der Waals surface area contributed by atoms with Gasteiger partial charge >= 0.3 is 7.60 Å². The molecule has 0 aromatic heterocycles. The molecule has 0 fully saturated rings. The Kier molecular flexibility index (Phi) is 6.19. The zero-order valence-electron chi connectivity index (χ0n) is 9.69. The van der Waals surface area contributed by atoms with Gasteiger partial charge in [-0.25, -0.2) is 0 Å². The smallest absolute Gasteiger partial charge is 0.298 e. The van der Waals surface area contributed by atoms with Gasteiger partial charge in [-0.05, 0) is 19.9 Å². The van der Waals surface area contributed by atoms with Gasteiger partial charge in [-0.1, -0.05) is 30.9 Å². The van der Waals surface area contributed by atoms with Crippen LogP contribution in [0.3, 0.4) is 0 Å². The van der Waals surface area contributed by atoms with Crippen molar-refractivity contribution in [2.24, 2.45) is 0 Å². The van der Waals surface area contributed by atoms with Gasteiger partial charge in [-0.2, -0.15) is 0 Å². The van der Waals surface area contributed by atoms with Gasteiger partial charge in [0, 0.05) is 0 Å². The SMILES string of the molecule is C=CC(=O)P(=O)(OCC(=C)C)OCC(=C)C. The molecule has 0 aromatic rings. The summed E-state index contributed by atoms with van der Waals surface area (Å²) in [5.41, 5.74) is 0.544. The maximum atomic E-state index is 12.0. The molecule has 0 saturated carbocycles. The summed E-state index contributed by atoms with van der Waals surface area (Å²) in [5.74, 6) is 0. The van der Waals surface area contributed by atoms with E-state index in [1.807, 2.05) is 0 Å². The average Bonchev–Trinajstić information content (AvgIpc) is 2.22. The van der Waals surface area contributed by atoms with Crippen molar-refractivity contribution in [3.63, 3.8) is 0 Å². The molecule has 0 spiro atoms. The number of rotatable bonds is 8. The summed E-state index contributed by atoms with van der Waals surface area (Å²) in [6.07, 6.45) is 0.928. The number of hydrogen-bond acceptors (Lipinski definition) is 4. The lowest BCUT2D eigenvalue weighted by molar-refractivity contribution is -0.109. The second-order valence-corrected chi connectivity index (χ2v) is 5.45. The van der Waals surface area contributed by atoms with E-state index in [1.165, 1.54) is 0 Å². The molecule has 5 heteroatoms. The Labute approximate surface area is 96.2 Å². The molecule has 0 unspecified atom stereocenters. The Balaban J connectivity index is 4.67. The Hall–Kier alpha value is -0.960. The van der Waals surface area contributed by atoms with Crippen LogP contribution in [0.25, 0.3) is 0 Å². The van der Waals surface area contributed by atoms with Gasteiger partial charge in [-0.3, -0.25) is 18.4 Å². The van der Waals surface area contributed by atoms with Crippen LogP contribution >= 0.6 is 7.60 Å². The van der Waals surface area contributed by atoms with Crippen LogP contribution in [0.4, 0.5) is 0 Å². The highest BCUT2D eigenvalue weighted by molar-refractivity contribution is 7.72. The third-order valence-electron chi connectivity index (χ3n) is 1.41. The van der Waals surface area contributed by atoms with Crippen molar-refractivity contribution < 1.29 is 18.4 Å². The molecule has 0 radical (unpaired) electrons. The van der Waals surface area contributed by atoms with Crippen LogP contribution in [0.1, 0.15) is 13.8 Å². The first-order valence-electron chi connectivity index (χ1n) is 4.66. The lowest BCUT2D eigenvalue weighted by atomic mass is 10.4. The van der Waals surface area contributed by atoms with Crippen LogP contribution in [0.15, 0.2) is 37.0 Å². The predicted molar refractivity (Wildman–Crippen MR) is 64.3 cm³/mol. The molecule has 0 amide bonds. The van der Waals surface area contributed by atoms with E-state index >= 15 is 0 Å². The summed E-state index contributed by atoms with van der Waals surface area (Å²) in [6.45, 7) is 13.8. The molecule has 0 aliphatic rings. The van der Waals surface area contributed by atoms with Gasteiger partial charge in [-0.15, -0.1) is 0 Å². The van der Waals surface area contributed by atoms with Crippen molar-refractivity contribution in [2.75, 3.05) is 13.2 Å². The Morgan fingerprint density at radius 1 is 1.19 bits per heavy atom. The normalized spacial score (nSPS) is 10.9. The van der Waals surface area contributed by atoms with Gasteiger partial charge in [0.2, 0.25) is 0 Å². The third kappa shape index (κ3) is 5.21. The molecule has 0 rings (SSSR count). The van der Waals surface area contributed by atoms with E-state index < -0.39 is 13.1 Å². The monoisotopic (exact) mass is 244 g/mol. The van der Waals surface area contributed by atoms with Gasteiger partial charge in [0.05, 0.1) is 13.2 Å². The van der Waals surface area contributed by atoms with Gasteiger partial charge < -0.3 is 0 Å². The second kappa shape index (κ2) is 6.59. The fourth-order valence-corrected chi connectivity index (χ4v) is 2.00. The minimum absolute atomic E-state index is 0.00699. The van der Waals surface area contributed by atoms with Crippen LogP contribution in [0, 0.1) is 0 Å². The Morgan fingerprint density at radius 2 is 1.56 bits per heavy atom. The fraction of sp³-hybridized carbons (Fsp3) is 0.364. The molecule has 0 N–H and O–H groups in total. The van der Waals surface area contributed by atoms with Crippen LogP contribution in [-0.4, -0.2) is 18.7 Å². The van der Waals surface area contributed by atoms with Crippen LogP contribution in [0.5, 0.6) is 0 Å². The molecule has 0 atom stereocenters. The molecule has 0 saturated heterocycles. The van der Waals surface area contributed by atoms with E-state index in [-0.39, 0.29) is 13.2 Å². The predicted octanol–water partition coefficient (Wildman–Crippen LogP) is 3.08. The maximum absolute atomic E-state index is 12.0. The van der Waals surface area contributed by atoms with Crippen LogP contribution < -0.4 is 0 Å². The zero-order chi connectivity index (χ0) is 12.8. The number of hydrogen-bond donors (Lipinski definition) is 0. The lowest BCUT2D eigenvalue weighted by Gasteiger charge is -2.15. The highest BCUT2D eigenvalue weighted by Gasteiger charge is 2.32. The summed E-state index contributed by atoms with van der Waals surface area (Å²) in [7, 11) is -3.80. The van der Waals surface area contributed by atoms with Crippen molar-refractivity contribution in [3.05, 3.63) is 37.0 Å². The van der Waals surface area contributed by atoms with E-state index in [0.717, 1.165) is 6.08 Å². The van der Waals surface area contributed by atoms with Crippen molar-refractivity contribution in [1.82, 2.24) is 0 Å². The van der Waals surface area contributed by atoms with Crippen molar-refractivity contribution >= 4 is 13.1 Å². The molecule has 0 aliphatic carbocycles. The molecule has 16 heavy (non-hydrogen) atoms. The van der Waals surface area contributed by atoms with Crippen molar-refractivity contribution in [2.45, 2.75) is 13.8 Å². The summed E-state index contributed by atoms with van der Waals surface area (Å²) in [5, 5.41) is 0. The number of carbonyl (C=O) groups is 1. The first-order valence-corrected chi connectivity index (χ1v) is 6.21. The molecular weight excluding hydrogens is 227 g/mol. The zero-order valence-corrected chi connectivity index (χ0v) is 10.6. The number of carbonyl (C=O) groups excluding carboxylic acids is 1. The van der Waals surface area contributed by atoms with E-state index in [2.05, 4.69) is 19.7 Å². The summed E-state index contributed by atoms with van der Waals surface area (Å²) in [4.78, 5) is 11.4. The van der Waals surface area contributed by atoms with Crippen molar-refractivity contribution in [3.8, 4) is 0 Å². The second-order valence-electron chi connectivity index (χ2n) is 3.50. The molecule has 0 aliphatic heterocycles. The van der Waals surface area contributed by atoms with Crippen LogP contribution in [-0.2, 0) is 18.4 Å². The lowest BCUT2D eigenvalue weighted by Crippen LogP contribution is -2.07. The first kappa shape index (κ1) is 15.0. The largest absolute Gasteiger partial charge is 0.401 e. The topological polar surface area (TPSA) is 52.6 Å². The van der Waals surface area contributed by atoms with E-state index in [0.29, 0.717) is 11.1 Å². The molecule has 0 bridgehead atoms. The molecule has 4 nitrogen and oxygen atoms in total. The molecule has 0 aromatic carbocycles. The molecular formula is C11H17O4P. The molecule has 90 valence electrons. The van der Waals surface area contributed by atoms with Gasteiger partial charge in [0.1, 0.15) is 0 Å². The summed E-state index contributed by atoms with van der Waals surface area (Å²) < 4.78 is 21.9. The van der Waals surface area contributed by atoms with E-state index in [9.17, 15) is 9.36 Å². The number of allylic oxidation sites excluding steroid dienone is 1. The minimum atomic E-state index is -3.80. The fourth-order valence-electron chi connectivity index (χ4n) is 0.667. The summed E-state index contributed by atoms with van der Waals surface area (Å²) >= 11 is 0. The minimum Gasteiger partial charge on any atom is -0.298 e. The van der Waals surface area contributed by atoms with Crippen molar-refractivity contribution in [1.29, 1.82) is 0 Å². The third-order valence-corrected chi connectivity index (χ3v) is 3.07. The first-order chi connectivity index (χ1) is 7.31. The molecule has 0 heterocycles. The summed E-state index contributed by atoms with van der Waals surface area (Å²) in [6, 6.07) is 0. The van der Waals surface area contributed by atoms with E-state index in [4.69, 9.17) is 9.05 Å².